The Morgan fingerprint density at radius 3 is 2.70 bits per heavy atom. The van der Waals surface area contributed by atoms with Gasteiger partial charge in [-0.25, -0.2) is 9.78 Å². The minimum atomic E-state index is -0.563. The fourth-order valence-electron chi connectivity index (χ4n) is 2.54. The number of carbonyl (C=O) groups excluding carboxylic acids is 2. The molecule has 7 nitrogen and oxygen atoms in total. The van der Waals surface area contributed by atoms with Gasteiger partial charge in [-0.2, -0.15) is 0 Å². The van der Waals surface area contributed by atoms with E-state index in [1.165, 1.54) is 4.90 Å². The molecule has 2 rings (SSSR count). The molecule has 2 atom stereocenters. The molecule has 1 aromatic heterocycles. The van der Waals surface area contributed by atoms with Crippen LogP contribution in [0.2, 0.25) is 0 Å². The molecule has 1 aromatic rings. The zero-order valence-corrected chi connectivity index (χ0v) is 14.5. The van der Waals surface area contributed by atoms with Gasteiger partial charge in [0.15, 0.2) is 0 Å². The number of rotatable bonds is 4. The highest BCUT2D eigenvalue weighted by molar-refractivity contribution is 5.87. The average molecular weight is 322 g/mol. The van der Waals surface area contributed by atoms with E-state index in [-0.39, 0.29) is 11.9 Å². The first-order valence-corrected chi connectivity index (χ1v) is 8.04. The van der Waals surface area contributed by atoms with Crippen LogP contribution in [-0.2, 0) is 16.1 Å². The van der Waals surface area contributed by atoms with Crippen molar-refractivity contribution in [1.29, 1.82) is 0 Å². The lowest BCUT2D eigenvalue weighted by molar-refractivity contribution is -0.131. The fourth-order valence-corrected chi connectivity index (χ4v) is 2.54. The number of ether oxygens (including phenoxy) is 1. The predicted octanol–water partition coefficient (Wildman–Crippen LogP) is 2.09. The van der Waals surface area contributed by atoms with Crippen LogP contribution in [0.3, 0.4) is 0 Å². The van der Waals surface area contributed by atoms with Crippen molar-refractivity contribution < 1.29 is 14.3 Å². The van der Waals surface area contributed by atoms with E-state index in [4.69, 9.17) is 4.74 Å². The van der Waals surface area contributed by atoms with Crippen molar-refractivity contribution in [2.75, 3.05) is 6.54 Å². The van der Waals surface area contributed by atoms with E-state index in [1.807, 2.05) is 45.4 Å². The third-order valence-electron chi connectivity index (χ3n) is 3.78. The van der Waals surface area contributed by atoms with Crippen molar-refractivity contribution in [3.63, 3.8) is 0 Å². The van der Waals surface area contributed by atoms with Gasteiger partial charge in [0.05, 0.1) is 6.04 Å². The zero-order valence-electron chi connectivity index (χ0n) is 14.5. The maximum absolute atomic E-state index is 12.4. The molecule has 0 radical (unpaired) electrons. The van der Waals surface area contributed by atoms with E-state index in [9.17, 15) is 9.59 Å². The zero-order chi connectivity index (χ0) is 17.2. The van der Waals surface area contributed by atoms with Gasteiger partial charge in [0.2, 0.25) is 5.91 Å². The van der Waals surface area contributed by atoms with Crippen LogP contribution in [0, 0.1) is 0 Å². The van der Waals surface area contributed by atoms with E-state index in [0.29, 0.717) is 13.0 Å². The summed E-state index contributed by atoms with van der Waals surface area (Å²) in [5.41, 5.74) is -0.563. The Morgan fingerprint density at radius 2 is 2.17 bits per heavy atom. The third-order valence-corrected chi connectivity index (χ3v) is 3.78. The average Bonchev–Trinajstić information content (AvgIpc) is 2.82. The molecule has 7 heteroatoms. The summed E-state index contributed by atoms with van der Waals surface area (Å²) < 4.78 is 7.31. The summed E-state index contributed by atoms with van der Waals surface area (Å²) in [5, 5.41) is 2.93. The summed E-state index contributed by atoms with van der Waals surface area (Å²) >= 11 is 0. The molecule has 2 heterocycles. The summed E-state index contributed by atoms with van der Waals surface area (Å²) in [4.78, 5) is 30.3. The molecule has 0 aliphatic carbocycles. The number of hydrogen-bond donors (Lipinski definition) is 1. The van der Waals surface area contributed by atoms with Gasteiger partial charge in [0, 0.05) is 25.5 Å². The molecule has 1 fully saturated rings. The van der Waals surface area contributed by atoms with Gasteiger partial charge < -0.3 is 14.6 Å². The van der Waals surface area contributed by atoms with Crippen molar-refractivity contribution in [3.8, 4) is 0 Å². The number of likely N-dealkylation sites (tertiary alicyclic amines) is 1. The first-order chi connectivity index (χ1) is 10.7. The lowest BCUT2D eigenvalue weighted by atomic mass is 10.0. The van der Waals surface area contributed by atoms with Gasteiger partial charge in [-0.05, 0) is 41.0 Å². The molecule has 0 saturated carbocycles. The minimum absolute atomic E-state index is 0.166. The summed E-state index contributed by atoms with van der Waals surface area (Å²) in [7, 11) is 0. The molecule has 2 amide bonds. The molecule has 0 bridgehead atoms. The maximum atomic E-state index is 12.4. The Kier molecular flexibility index (Phi) is 4.97. The number of carbonyl (C=O) groups is 2. The first kappa shape index (κ1) is 17.3. The van der Waals surface area contributed by atoms with E-state index in [0.717, 1.165) is 12.4 Å². The van der Waals surface area contributed by atoms with E-state index >= 15 is 0 Å². The molecule has 0 spiro atoms. The predicted molar refractivity (Wildman–Crippen MR) is 85.8 cm³/mol. The maximum Gasteiger partial charge on any atom is 0.410 e. The van der Waals surface area contributed by atoms with E-state index in [2.05, 4.69) is 10.3 Å². The number of imidazole rings is 1. The summed E-state index contributed by atoms with van der Waals surface area (Å²) in [5.74, 6) is 0.643. The molecule has 1 N–H and O–H groups in total. The number of nitrogens with zero attached hydrogens (tertiary/aromatic N) is 3. The van der Waals surface area contributed by atoms with Crippen molar-refractivity contribution in [1.82, 2.24) is 19.8 Å². The quantitative estimate of drug-likeness (QED) is 0.921. The summed E-state index contributed by atoms with van der Waals surface area (Å²) in [6.45, 7) is 10.7. The largest absolute Gasteiger partial charge is 0.444 e. The Bertz CT molecular complexity index is 576. The molecule has 0 aromatic carbocycles. The second-order valence-corrected chi connectivity index (χ2v) is 6.78. The highest BCUT2D eigenvalue weighted by Crippen LogP contribution is 2.22. The van der Waals surface area contributed by atoms with Gasteiger partial charge in [-0.3, -0.25) is 9.69 Å². The smallest absolute Gasteiger partial charge is 0.410 e. The monoisotopic (exact) mass is 322 g/mol. The van der Waals surface area contributed by atoms with Crippen LogP contribution in [0.15, 0.2) is 12.4 Å². The van der Waals surface area contributed by atoms with Gasteiger partial charge in [-0.15, -0.1) is 0 Å². The van der Waals surface area contributed by atoms with Crippen molar-refractivity contribution in [2.45, 2.75) is 65.3 Å². The standard InChI is InChI=1S/C16H26N4O3/c1-6-19-10-8-17-13(19)11(2)18-14(21)12-7-9-20(12)15(22)23-16(3,4)5/h8,10-12H,6-7,9H2,1-5H3,(H,18,21)/t11?,12-/m1/s1. The number of aromatic nitrogens is 2. The molecular weight excluding hydrogens is 296 g/mol. The van der Waals surface area contributed by atoms with Crippen molar-refractivity contribution >= 4 is 12.0 Å². The fraction of sp³-hybridized carbons (Fsp3) is 0.688. The van der Waals surface area contributed by atoms with Crippen LogP contribution in [0.5, 0.6) is 0 Å². The molecule has 23 heavy (non-hydrogen) atoms. The second-order valence-electron chi connectivity index (χ2n) is 6.78. The normalized spacial score (nSPS) is 19.0. The minimum Gasteiger partial charge on any atom is -0.444 e. The Morgan fingerprint density at radius 1 is 1.48 bits per heavy atom. The first-order valence-electron chi connectivity index (χ1n) is 8.04. The molecule has 1 saturated heterocycles. The van der Waals surface area contributed by atoms with Gasteiger partial charge in [0.1, 0.15) is 17.5 Å². The topological polar surface area (TPSA) is 76.5 Å². The second kappa shape index (κ2) is 6.60. The van der Waals surface area contributed by atoms with Crippen molar-refractivity contribution in [3.05, 3.63) is 18.2 Å². The third kappa shape index (κ3) is 4.03. The Hall–Kier alpha value is -2.05. The SMILES string of the molecule is CCn1ccnc1C(C)NC(=O)[C@H]1CCN1C(=O)OC(C)(C)C. The Balaban J connectivity index is 1.94. The molecule has 1 aliphatic heterocycles. The number of hydrogen-bond acceptors (Lipinski definition) is 4. The lowest BCUT2D eigenvalue weighted by Gasteiger charge is -2.40. The lowest BCUT2D eigenvalue weighted by Crippen LogP contribution is -2.59. The van der Waals surface area contributed by atoms with Crippen LogP contribution in [0.4, 0.5) is 4.79 Å². The van der Waals surface area contributed by atoms with Crippen molar-refractivity contribution in [2.24, 2.45) is 0 Å². The number of amides is 2. The van der Waals surface area contributed by atoms with Crippen LogP contribution < -0.4 is 5.32 Å². The van der Waals surface area contributed by atoms with Gasteiger partial charge >= 0.3 is 6.09 Å². The molecule has 1 aliphatic rings. The van der Waals surface area contributed by atoms with Gasteiger partial charge in [-0.1, -0.05) is 0 Å². The molecular formula is C16H26N4O3. The Labute approximate surface area is 137 Å². The van der Waals surface area contributed by atoms with Crippen LogP contribution >= 0.6 is 0 Å². The summed E-state index contributed by atoms with van der Waals surface area (Å²) in [6.07, 6.45) is 3.82. The number of nitrogens with one attached hydrogen (secondary N) is 1. The van der Waals surface area contributed by atoms with E-state index in [1.54, 1.807) is 6.20 Å². The summed E-state index contributed by atoms with van der Waals surface area (Å²) in [6, 6.07) is -0.670. The highest BCUT2D eigenvalue weighted by Gasteiger charge is 2.40. The van der Waals surface area contributed by atoms with Crippen LogP contribution in [0.1, 0.15) is 52.9 Å². The van der Waals surface area contributed by atoms with Gasteiger partial charge in [0.25, 0.3) is 0 Å². The number of aryl methyl sites for hydroxylation is 1. The highest BCUT2D eigenvalue weighted by atomic mass is 16.6. The van der Waals surface area contributed by atoms with Crippen LogP contribution in [-0.4, -0.2) is 44.6 Å². The molecule has 1 unspecified atom stereocenters. The van der Waals surface area contributed by atoms with E-state index < -0.39 is 17.7 Å². The van der Waals surface area contributed by atoms with Crippen LogP contribution in [0.25, 0.3) is 0 Å². The molecule has 128 valence electrons.